The van der Waals surface area contributed by atoms with Gasteiger partial charge in [-0.15, -0.1) is 0 Å². The monoisotopic (exact) mass is 338 g/mol. The van der Waals surface area contributed by atoms with Crippen LogP contribution in [0.5, 0.6) is 5.75 Å². The Hall–Kier alpha value is -2.18. The van der Waals surface area contributed by atoms with Gasteiger partial charge >= 0.3 is 0 Å². The first kappa shape index (κ1) is 16.7. The molecule has 1 atom stereocenters. The molecule has 2 aliphatic rings. The number of amides is 2. The number of carbonyl (C=O) groups is 2. The molecule has 7 heteroatoms. The van der Waals surface area contributed by atoms with E-state index in [2.05, 4.69) is 5.32 Å². The number of benzene rings is 1. The summed E-state index contributed by atoms with van der Waals surface area (Å²) in [6, 6.07) is 2.64. The predicted molar refractivity (Wildman–Crippen MR) is 82.3 cm³/mol. The fraction of sp³-hybridized carbons (Fsp3) is 0.529. The first-order valence-corrected chi connectivity index (χ1v) is 8.22. The molecule has 1 aromatic rings. The molecule has 1 aliphatic heterocycles. The maximum atomic E-state index is 13.4. The standard InChI is InChI=1S/C17H20F2N2O3/c18-12-5-6-15(13(19)10-12)24-9-7-20-16(22)14-2-1-8-21(14)17(23)11-3-4-11/h5-6,10-11,14H,1-4,7-9H2,(H,20,22)/t14-/m0/s1. The Balaban J connectivity index is 1.44. The Bertz CT molecular complexity index is 634. The van der Waals surface area contributed by atoms with Gasteiger partial charge in [0.2, 0.25) is 11.8 Å². The van der Waals surface area contributed by atoms with Gasteiger partial charge in [0.05, 0.1) is 6.54 Å². The number of hydrogen-bond acceptors (Lipinski definition) is 3. The maximum Gasteiger partial charge on any atom is 0.242 e. The summed E-state index contributed by atoms with van der Waals surface area (Å²) >= 11 is 0. The summed E-state index contributed by atoms with van der Waals surface area (Å²) in [5.41, 5.74) is 0. The van der Waals surface area contributed by atoms with E-state index >= 15 is 0 Å². The summed E-state index contributed by atoms with van der Waals surface area (Å²) in [4.78, 5) is 26.1. The molecular weight excluding hydrogens is 318 g/mol. The molecule has 0 aromatic heterocycles. The SMILES string of the molecule is O=C(NCCOc1ccc(F)cc1F)[C@@H]1CCCN1C(=O)C1CC1. The molecule has 1 N–H and O–H groups in total. The number of rotatable bonds is 6. The predicted octanol–water partition coefficient (Wildman–Crippen LogP) is 1.86. The van der Waals surface area contributed by atoms with Crippen LogP contribution in [-0.4, -0.2) is 42.5 Å². The van der Waals surface area contributed by atoms with Crippen molar-refractivity contribution in [3.05, 3.63) is 29.8 Å². The molecule has 0 bridgehead atoms. The number of halogens is 2. The molecule has 1 aromatic carbocycles. The number of ether oxygens (including phenoxy) is 1. The van der Waals surface area contributed by atoms with Crippen LogP contribution < -0.4 is 10.1 Å². The number of likely N-dealkylation sites (tertiary alicyclic amines) is 1. The van der Waals surface area contributed by atoms with Gasteiger partial charge in [0.25, 0.3) is 0 Å². The number of carbonyl (C=O) groups excluding carboxylic acids is 2. The molecular formula is C17H20F2N2O3. The molecule has 2 fully saturated rings. The van der Waals surface area contributed by atoms with E-state index in [1.54, 1.807) is 4.90 Å². The zero-order valence-corrected chi connectivity index (χ0v) is 13.3. The third-order valence-corrected chi connectivity index (χ3v) is 4.32. The summed E-state index contributed by atoms with van der Waals surface area (Å²) in [5, 5.41) is 2.72. The normalized spacial score (nSPS) is 20.1. The summed E-state index contributed by atoms with van der Waals surface area (Å²) < 4.78 is 31.4. The van der Waals surface area contributed by atoms with Crippen LogP contribution >= 0.6 is 0 Å². The van der Waals surface area contributed by atoms with Gasteiger partial charge in [-0.05, 0) is 37.8 Å². The van der Waals surface area contributed by atoms with Crippen LogP contribution in [0.1, 0.15) is 25.7 Å². The number of nitrogens with zero attached hydrogens (tertiary/aromatic N) is 1. The van der Waals surface area contributed by atoms with Gasteiger partial charge in [-0.1, -0.05) is 0 Å². The lowest BCUT2D eigenvalue weighted by Crippen LogP contribution is -2.47. The Morgan fingerprint density at radius 3 is 2.75 bits per heavy atom. The Morgan fingerprint density at radius 1 is 1.25 bits per heavy atom. The second kappa shape index (κ2) is 7.15. The van der Waals surface area contributed by atoms with Crippen molar-refractivity contribution in [2.24, 2.45) is 5.92 Å². The van der Waals surface area contributed by atoms with Crippen LogP contribution in [0.2, 0.25) is 0 Å². The number of hydrogen-bond donors (Lipinski definition) is 1. The van der Waals surface area contributed by atoms with Gasteiger partial charge in [-0.3, -0.25) is 9.59 Å². The summed E-state index contributed by atoms with van der Waals surface area (Å²) in [5.74, 6) is -1.53. The third-order valence-electron chi connectivity index (χ3n) is 4.32. The zero-order valence-electron chi connectivity index (χ0n) is 13.3. The molecule has 130 valence electrons. The highest BCUT2D eigenvalue weighted by Crippen LogP contribution is 2.33. The molecule has 0 unspecified atom stereocenters. The summed E-state index contributed by atoms with van der Waals surface area (Å²) in [7, 11) is 0. The topological polar surface area (TPSA) is 58.6 Å². The van der Waals surface area contributed by atoms with E-state index in [1.807, 2.05) is 0 Å². The molecule has 5 nitrogen and oxygen atoms in total. The zero-order chi connectivity index (χ0) is 17.1. The van der Waals surface area contributed by atoms with Gasteiger partial charge in [-0.2, -0.15) is 0 Å². The average Bonchev–Trinajstić information content (AvgIpc) is 3.29. The highest BCUT2D eigenvalue weighted by atomic mass is 19.1. The van der Waals surface area contributed by atoms with Gasteiger partial charge in [0.15, 0.2) is 11.6 Å². The van der Waals surface area contributed by atoms with Gasteiger partial charge in [-0.25, -0.2) is 8.78 Å². The second-order valence-corrected chi connectivity index (χ2v) is 6.18. The fourth-order valence-corrected chi connectivity index (χ4v) is 2.91. The average molecular weight is 338 g/mol. The quantitative estimate of drug-likeness (QED) is 0.806. The second-order valence-electron chi connectivity index (χ2n) is 6.18. The van der Waals surface area contributed by atoms with E-state index in [9.17, 15) is 18.4 Å². The van der Waals surface area contributed by atoms with E-state index in [1.165, 1.54) is 6.07 Å². The lowest BCUT2D eigenvalue weighted by atomic mass is 10.2. The van der Waals surface area contributed by atoms with E-state index < -0.39 is 17.7 Å². The molecule has 0 radical (unpaired) electrons. The largest absolute Gasteiger partial charge is 0.489 e. The smallest absolute Gasteiger partial charge is 0.242 e. The summed E-state index contributed by atoms with van der Waals surface area (Å²) in [6.07, 6.45) is 3.33. The molecule has 2 amide bonds. The van der Waals surface area contributed by atoms with Crippen LogP contribution in [-0.2, 0) is 9.59 Å². The van der Waals surface area contributed by atoms with E-state index in [-0.39, 0.29) is 36.6 Å². The molecule has 3 rings (SSSR count). The molecule has 1 aliphatic carbocycles. The minimum Gasteiger partial charge on any atom is -0.489 e. The van der Waals surface area contributed by atoms with Crippen molar-refractivity contribution >= 4 is 11.8 Å². The minimum absolute atomic E-state index is 0.0583. The van der Waals surface area contributed by atoms with Gasteiger partial charge in [0, 0.05) is 18.5 Å². The Labute approximate surface area is 139 Å². The van der Waals surface area contributed by atoms with Crippen molar-refractivity contribution < 1.29 is 23.1 Å². The molecule has 0 spiro atoms. The van der Waals surface area contributed by atoms with Crippen LogP contribution in [0.25, 0.3) is 0 Å². The molecule has 1 saturated carbocycles. The van der Waals surface area contributed by atoms with Crippen LogP contribution in [0.4, 0.5) is 8.78 Å². The first-order valence-electron chi connectivity index (χ1n) is 8.22. The van der Waals surface area contributed by atoms with Crippen LogP contribution in [0.15, 0.2) is 18.2 Å². The molecule has 24 heavy (non-hydrogen) atoms. The van der Waals surface area contributed by atoms with Crippen molar-refractivity contribution in [2.45, 2.75) is 31.7 Å². The van der Waals surface area contributed by atoms with E-state index in [4.69, 9.17) is 4.74 Å². The van der Waals surface area contributed by atoms with Crippen molar-refractivity contribution in [1.82, 2.24) is 10.2 Å². The number of nitrogens with one attached hydrogen (secondary N) is 1. The fourth-order valence-electron chi connectivity index (χ4n) is 2.91. The maximum absolute atomic E-state index is 13.4. The van der Waals surface area contributed by atoms with E-state index in [0.717, 1.165) is 31.4 Å². The van der Waals surface area contributed by atoms with Crippen molar-refractivity contribution in [3.63, 3.8) is 0 Å². The van der Waals surface area contributed by atoms with E-state index in [0.29, 0.717) is 13.0 Å². The van der Waals surface area contributed by atoms with Crippen molar-refractivity contribution in [3.8, 4) is 5.75 Å². The highest BCUT2D eigenvalue weighted by molar-refractivity contribution is 5.89. The minimum atomic E-state index is -0.779. The van der Waals surface area contributed by atoms with Crippen molar-refractivity contribution in [1.29, 1.82) is 0 Å². The Kier molecular flexibility index (Phi) is 4.97. The van der Waals surface area contributed by atoms with Crippen LogP contribution in [0.3, 0.4) is 0 Å². The molecule has 1 heterocycles. The van der Waals surface area contributed by atoms with Crippen molar-refractivity contribution in [2.75, 3.05) is 19.7 Å². The third kappa shape index (κ3) is 3.83. The summed E-state index contributed by atoms with van der Waals surface area (Å²) in [6.45, 7) is 0.889. The molecule has 1 saturated heterocycles. The first-order chi connectivity index (χ1) is 11.6. The Morgan fingerprint density at radius 2 is 2.04 bits per heavy atom. The lowest BCUT2D eigenvalue weighted by Gasteiger charge is -2.24. The van der Waals surface area contributed by atoms with Crippen LogP contribution in [0, 0.1) is 17.6 Å². The lowest BCUT2D eigenvalue weighted by molar-refractivity contribution is -0.139. The highest BCUT2D eigenvalue weighted by Gasteiger charge is 2.40. The van der Waals surface area contributed by atoms with Gasteiger partial charge in [0.1, 0.15) is 18.5 Å². The van der Waals surface area contributed by atoms with Gasteiger partial charge < -0.3 is 15.0 Å².